The summed E-state index contributed by atoms with van der Waals surface area (Å²) < 4.78 is 0. The van der Waals surface area contributed by atoms with E-state index in [0.717, 1.165) is 11.5 Å². The van der Waals surface area contributed by atoms with Gasteiger partial charge in [0.15, 0.2) is 0 Å². The lowest BCUT2D eigenvalue weighted by molar-refractivity contribution is -0.118. The Hall–Kier alpha value is -0.220. The molecule has 9 heavy (non-hydrogen) atoms. The van der Waals surface area contributed by atoms with E-state index in [1.165, 1.54) is 0 Å². The summed E-state index contributed by atoms with van der Waals surface area (Å²) in [6.07, 6.45) is 0.333. The maximum atomic E-state index is 10.3. The van der Waals surface area contributed by atoms with Crippen LogP contribution in [0.4, 0.5) is 0 Å². The van der Waals surface area contributed by atoms with E-state index in [-0.39, 0.29) is 11.4 Å². The van der Waals surface area contributed by atoms with E-state index in [1.54, 1.807) is 11.8 Å². The Balaban J connectivity index is 2.33. The number of primary amides is 1. The van der Waals surface area contributed by atoms with Crippen molar-refractivity contribution in [2.45, 2.75) is 12.0 Å². The third kappa shape index (κ3) is 1.59. The lowest BCUT2D eigenvalue weighted by atomic mass is 10.0. The highest BCUT2D eigenvalue weighted by Gasteiger charge is 2.34. The van der Waals surface area contributed by atoms with Gasteiger partial charge in [-0.2, -0.15) is 11.8 Å². The zero-order valence-corrected chi connectivity index (χ0v) is 5.91. The highest BCUT2D eigenvalue weighted by molar-refractivity contribution is 8.00. The zero-order valence-electron chi connectivity index (χ0n) is 5.09. The molecule has 52 valence electrons. The van der Waals surface area contributed by atoms with Gasteiger partial charge in [0.2, 0.25) is 5.91 Å². The summed E-state index contributed by atoms with van der Waals surface area (Å²) in [6, 6.07) is 0. The van der Waals surface area contributed by atoms with Crippen molar-refractivity contribution >= 4 is 17.7 Å². The number of rotatable bonds is 2. The van der Waals surface area contributed by atoms with Crippen LogP contribution in [0.25, 0.3) is 0 Å². The van der Waals surface area contributed by atoms with E-state index >= 15 is 0 Å². The molecule has 1 heterocycles. The van der Waals surface area contributed by atoms with Crippen LogP contribution in [0.1, 0.15) is 6.42 Å². The molecule has 0 bridgehead atoms. The van der Waals surface area contributed by atoms with E-state index in [1.807, 2.05) is 0 Å². The molecule has 0 aliphatic carbocycles. The third-order valence-corrected chi connectivity index (χ3v) is 2.86. The molecule has 1 rings (SSSR count). The van der Waals surface area contributed by atoms with E-state index in [2.05, 4.69) is 0 Å². The molecule has 0 aromatic carbocycles. The van der Waals surface area contributed by atoms with Gasteiger partial charge in [0.05, 0.1) is 0 Å². The first-order valence-electron chi connectivity index (χ1n) is 2.77. The van der Waals surface area contributed by atoms with E-state index in [0.29, 0.717) is 6.42 Å². The van der Waals surface area contributed by atoms with Gasteiger partial charge >= 0.3 is 0 Å². The van der Waals surface area contributed by atoms with Crippen LogP contribution in [-0.2, 0) is 4.79 Å². The average Bonchev–Trinajstić information content (AvgIpc) is 1.60. The summed E-state index contributed by atoms with van der Waals surface area (Å²) >= 11 is 1.75. The highest BCUT2D eigenvalue weighted by Crippen LogP contribution is 2.29. The van der Waals surface area contributed by atoms with E-state index in [9.17, 15) is 4.79 Å². The molecule has 1 saturated heterocycles. The van der Waals surface area contributed by atoms with Crippen LogP contribution in [0.5, 0.6) is 0 Å². The fourth-order valence-corrected chi connectivity index (χ4v) is 1.75. The molecule has 0 radical (unpaired) electrons. The van der Waals surface area contributed by atoms with Gasteiger partial charge < -0.3 is 11.5 Å². The maximum Gasteiger partial charge on any atom is 0.219 e. The van der Waals surface area contributed by atoms with Gasteiger partial charge in [0.1, 0.15) is 0 Å². The second-order valence-electron chi connectivity index (χ2n) is 2.50. The quantitative estimate of drug-likeness (QED) is 0.541. The third-order valence-electron chi connectivity index (χ3n) is 1.31. The SMILES string of the molecule is NC(=O)CC1(N)CSC1. The summed E-state index contributed by atoms with van der Waals surface area (Å²) in [5, 5.41) is 0. The lowest BCUT2D eigenvalue weighted by Crippen LogP contribution is -2.54. The van der Waals surface area contributed by atoms with Crippen LogP contribution >= 0.6 is 11.8 Å². The molecule has 0 aromatic rings. The number of nitrogens with two attached hydrogens (primary N) is 2. The summed E-state index contributed by atoms with van der Waals surface area (Å²) in [6.45, 7) is 0. The highest BCUT2D eigenvalue weighted by atomic mass is 32.2. The van der Waals surface area contributed by atoms with Crippen molar-refractivity contribution in [1.29, 1.82) is 0 Å². The molecule has 1 fully saturated rings. The molecule has 0 spiro atoms. The number of carbonyl (C=O) groups excluding carboxylic acids is 1. The standard InChI is InChI=1S/C5H10N2OS/c6-4(8)1-5(7)2-9-3-5/h1-3,7H2,(H2,6,8). The average molecular weight is 146 g/mol. The van der Waals surface area contributed by atoms with E-state index < -0.39 is 0 Å². The van der Waals surface area contributed by atoms with E-state index in [4.69, 9.17) is 11.5 Å². The molecule has 1 aliphatic rings. The summed E-state index contributed by atoms with van der Waals surface area (Å²) in [4.78, 5) is 10.3. The Morgan fingerprint density at radius 1 is 1.67 bits per heavy atom. The molecule has 0 saturated carbocycles. The number of carbonyl (C=O) groups is 1. The number of thioether (sulfide) groups is 1. The minimum Gasteiger partial charge on any atom is -0.370 e. The van der Waals surface area contributed by atoms with Crippen LogP contribution in [0, 0.1) is 0 Å². The smallest absolute Gasteiger partial charge is 0.219 e. The second-order valence-corrected chi connectivity index (χ2v) is 3.48. The fraction of sp³-hybridized carbons (Fsp3) is 0.800. The fourth-order valence-electron chi connectivity index (χ4n) is 0.813. The predicted molar refractivity (Wildman–Crippen MR) is 38.1 cm³/mol. The summed E-state index contributed by atoms with van der Waals surface area (Å²) in [5.74, 6) is 1.45. The number of hydrogen-bond acceptors (Lipinski definition) is 3. The first kappa shape index (κ1) is 6.89. The Bertz CT molecular complexity index is 133. The zero-order chi connectivity index (χ0) is 6.91. The van der Waals surface area contributed by atoms with Crippen LogP contribution in [0.2, 0.25) is 0 Å². The summed E-state index contributed by atoms with van der Waals surface area (Å²) in [7, 11) is 0. The largest absolute Gasteiger partial charge is 0.370 e. The minimum absolute atomic E-state index is 0.267. The molecular weight excluding hydrogens is 136 g/mol. The van der Waals surface area contributed by atoms with Crippen molar-refractivity contribution < 1.29 is 4.79 Å². The van der Waals surface area contributed by atoms with Crippen molar-refractivity contribution in [3.05, 3.63) is 0 Å². The van der Waals surface area contributed by atoms with Crippen LogP contribution in [0.15, 0.2) is 0 Å². The molecule has 0 unspecified atom stereocenters. The lowest BCUT2D eigenvalue weighted by Gasteiger charge is -2.36. The Morgan fingerprint density at radius 2 is 2.22 bits per heavy atom. The van der Waals surface area contributed by atoms with Gasteiger partial charge in [-0.05, 0) is 0 Å². The minimum atomic E-state index is -0.294. The van der Waals surface area contributed by atoms with Gasteiger partial charge in [-0.1, -0.05) is 0 Å². The molecule has 0 aromatic heterocycles. The first-order chi connectivity index (χ1) is 4.12. The molecule has 1 aliphatic heterocycles. The van der Waals surface area contributed by atoms with Crippen LogP contribution in [0.3, 0.4) is 0 Å². The molecular formula is C5H10N2OS. The van der Waals surface area contributed by atoms with Crippen molar-refractivity contribution in [3.63, 3.8) is 0 Å². The second kappa shape index (κ2) is 2.19. The molecule has 4 heteroatoms. The Labute approximate surface area is 58.2 Å². The number of hydrogen-bond donors (Lipinski definition) is 2. The van der Waals surface area contributed by atoms with Crippen molar-refractivity contribution in [2.75, 3.05) is 11.5 Å². The van der Waals surface area contributed by atoms with Gasteiger partial charge in [-0.3, -0.25) is 4.79 Å². The molecule has 4 N–H and O–H groups in total. The van der Waals surface area contributed by atoms with Gasteiger partial charge in [0, 0.05) is 23.5 Å². The van der Waals surface area contributed by atoms with Crippen LogP contribution < -0.4 is 11.5 Å². The maximum absolute atomic E-state index is 10.3. The van der Waals surface area contributed by atoms with Crippen molar-refractivity contribution in [1.82, 2.24) is 0 Å². The molecule has 3 nitrogen and oxygen atoms in total. The summed E-state index contributed by atoms with van der Waals surface area (Å²) in [5.41, 5.74) is 10.4. The molecule has 1 amide bonds. The Kier molecular flexibility index (Phi) is 1.68. The number of amides is 1. The van der Waals surface area contributed by atoms with Crippen molar-refractivity contribution in [2.24, 2.45) is 11.5 Å². The van der Waals surface area contributed by atoms with Gasteiger partial charge in [0.25, 0.3) is 0 Å². The Morgan fingerprint density at radius 3 is 2.33 bits per heavy atom. The van der Waals surface area contributed by atoms with Crippen LogP contribution in [-0.4, -0.2) is 23.0 Å². The normalized spacial score (nSPS) is 22.8. The van der Waals surface area contributed by atoms with Gasteiger partial charge in [-0.25, -0.2) is 0 Å². The monoisotopic (exact) mass is 146 g/mol. The predicted octanol–water partition coefficient (Wildman–Crippen LogP) is -0.694. The first-order valence-corrected chi connectivity index (χ1v) is 3.93. The topological polar surface area (TPSA) is 69.1 Å². The van der Waals surface area contributed by atoms with Gasteiger partial charge in [-0.15, -0.1) is 0 Å². The van der Waals surface area contributed by atoms with Crippen molar-refractivity contribution in [3.8, 4) is 0 Å². The molecule has 0 atom stereocenters.